The first-order valence-electron chi connectivity index (χ1n) is 9.83. The van der Waals surface area contributed by atoms with Crippen LogP contribution in [-0.4, -0.2) is 37.2 Å². The molecular formula is C23H28FNO3. The normalized spacial score (nSPS) is 17.3. The Balaban J connectivity index is 1.70. The number of ether oxygens (including phenoxy) is 2. The third kappa shape index (κ3) is 5.55. The molecule has 5 heteroatoms. The summed E-state index contributed by atoms with van der Waals surface area (Å²) < 4.78 is 24.2. The zero-order chi connectivity index (χ0) is 19.9. The number of carbonyl (C=O) groups is 1. The van der Waals surface area contributed by atoms with E-state index in [1.165, 1.54) is 12.1 Å². The molecule has 2 unspecified atom stereocenters. The van der Waals surface area contributed by atoms with E-state index in [1.54, 1.807) is 19.2 Å². The van der Waals surface area contributed by atoms with Crippen molar-refractivity contribution in [1.29, 1.82) is 0 Å². The Morgan fingerprint density at radius 2 is 2.07 bits per heavy atom. The highest BCUT2D eigenvalue weighted by Gasteiger charge is 2.24. The van der Waals surface area contributed by atoms with E-state index in [2.05, 4.69) is 0 Å². The fourth-order valence-electron chi connectivity index (χ4n) is 3.58. The lowest BCUT2D eigenvalue weighted by Gasteiger charge is -2.27. The lowest BCUT2D eigenvalue weighted by molar-refractivity contribution is -0.133. The minimum absolute atomic E-state index is 0.0189. The van der Waals surface area contributed by atoms with Gasteiger partial charge in [-0.15, -0.1) is 0 Å². The summed E-state index contributed by atoms with van der Waals surface area (Å²) >= 11 is 0. The Labute approximate surface area is 166 Å². The molecule has 0 aliphatic carbocycles. The van der Waals surface area contributed by atoms with Crippen LogP contribution in [-0.2, 0) is 16.1 Å². The highest BCUT2D eigenvalue weighted by atomic mass is 19.1. The van der Waals surface area contributed by atoms with Gasteiger partial charge in [-0.2, -0.15) is 0 Å². The molecule has 1 fully saturated rings. The van der Waals surface area contributed by atoms with Crippen molar-refractivity contribution >= 4 is 5.91 Å². The highest BCUT2D eigenvalue weighted by molar-refractivity contribution is 5.77. The first-order chi connectivity index (χ1) is 13.5. The molecule has 1 saturated heterocycles. The molecule has 1 aliphatic rings. The van der Waals surface area contributed by atoms with Gasteiger partial charge in [-0.25, -0.2) is 4.39 Å². The average Bonchev–Trinajstić information content (AvgIpc) is 3.21. The molecule has 2 aromatic rings. The Hall–Kier alpha value is -2.40. The summed E-state index contributed by atoms with van der Waals surface area (Å²) in [4.78, 5) is 15.0. The molecule has 0 aromatic heterocycles. The summed E-state index contributed by atoms with van der Waals surface area (Å²) in [5.41, 5.74) is 1.99. The largest absolute Gasteiger partial charge is 0.497 e. The van der Waals surface area contributed by atoms with E-state index in [-0.39, 0.29) is 23.7 Å². The smallest absolute Gasteiger partial charge is 0.223 e. The van der Waals surface area contributed by atoms with Crippen LogP contribution in [0.25, 0.3) is 0 Å². The third-order valence-electron chi connectivity index (χ3n) is 5.23. The summed E-state index contributed by atoms with van der Waals surface area (Å²) in [5.74, 6) is 0.613. The van der Waals surface area contributed by atoms with Crippen molar-refractivity contribution < 1.29 is 18.7 Å². The first kappa shape index (κ1) is 20.3. The number of methoxy groups -OCH3 is 1. The van der Waals surface area contributed by atoms with Crippen molar-refractivity contribution in [3.8, 4) is 5.75 Å². The molecule has 28 heavy (non-hydrogen) atoms. The van der Waals surface area contributed by atoms with Crippen molar-refractivity contribution in [3.05, 3.63) is 65.5 Å². The topological polar surface area (TPSA) is 38.8 Å². The van der Waals surface area contributed by atoms with Crippen LogP contribution < -0.4 is 4.74 Å². The Bertz CT molecular complexity index is 772. The van der Waals surface area contributed by atoms with E-state index in [0.717, 1.165) is 36.3 Å². The summed E-state index contributed by atoms with van der Waals surface area (Å²) in [6.45, 7) is 3.87. The highest BCUT2D eigenvalue weighted by Crippen LogP contribution is 2.23. The number of hydrogen-bond donors (Lipinski definition) is 0. The number of hydrogen-bond acceptors (Lipinski definition) is 3. The number of rotatable bonds is 8. The van der Waals surface area contributed by atoms with Crippen LogP contribution in [0, 0.1) is 5.82 Å². The monoisotopic (exact) mass is 385 g/mol. The van der Waals surface area contributed by atoms with Gasteiger partial charge < -0.3 is 14.4 Å². The van der Waals surface area contributed by atoms with Gasteiger partial charge in [0.1, 0.15) is 11.6 Å². The number of nitrogens with zero attached hydrogens (tertiary/aromatic N) is 1. The van der Waals surface area contributed by atoms with Crippen molar-refractivity contribution in [2.24, 2.45) is 0 Å². The van der Waals surface area contributed by atoms with Crippen molar-refractivity contribution in [2.75, 3.05) is 20.3 Å². The predicted octanol–water partition coefficient (Wildman–Crippen LogP) is 4.54. The van der Waals surface area contributed by atoms with Crippen LogP contribution in [0.5, 0.6) is 5.75 Å². The Kier molecular flexibility index (Phi) is 7.04. The third-order valence-corrected chi connectivity index (χ3v) is 5.23. The van der Waals surface area contributed by atoms with Gasteiger partial charge in [0, 0.05) is 26.1 Å². The molecule has 3 rings (SSSR count). The summed E-state index contributed by atoms with van der Waals surface area (Å²) in [6, 6.07) is 14.2. The van der Waals surface area contributed by atoms with Crippen LogP contribution in [0.15, 0.2) is 48.5 Å². The fourth-order valence-corrected chi connectivity index (χ4v) is 3.58. The maximum atomic E-state index is 13.2. The molecule has 0 saturated carbocycles. The second-order valence-corrected chi connectivity index (χ2v) is 7.42. The van der Waals surface area contributed by atoms with Gasteiger partial charge >= 0.3 is 0 Å². The minimum atomic E-state index is -0.264. The van der Waals surface area contributed by atoms with Crippen LogP contribution in [0.4, 0.5) is 4.39 Å². The second kappa shape index (κ2) is 9.69. The molecule has 0 spiro atoms. The van der Waals surface area contributed by atoms with Gasteiger partial charge in [0.2, 0.25) is 5.91 Å². The van der Waals surface area contributed by atoms with E-state index < -0.39 is 0 Å². The predicted molar refractivity (Wildman–Crippen MR) is 107 cm³/mol. The zero-order valence-electron chi connectivity index (χ0n) is 16.6. The summed E-state index contributed by atoms with van der Waals surface area (Å²) in [7, 11) is 1.64. The first-order valence-corrected chi connectivity index (χ1v) is 9.83. The average molecular weight is 385 g/mol. The van der Waals surface area contributed by atoms with Crippen molar-refractivity contribution in [3.63, 3.8) is 0 Å². The lowest BCUT2D eigenvalue weighted by atomic mass is 9.97. The number of benzene rings is 2. The van der Waals surface area contributed by atoms with E-state index in [1.807, 2.05) is 36.1 Å². The molecule has 0 bridgehead atoms. The second-order valence-electron chi connectivity index (χ2n) is 7.42. The summed E-state index contributed by atoms with van der Waals surface area (Å²) in [5, 5.41) is 0. The van der Waals surface area contributed by atoms with Gasteiger partial charge in [0.05, 0.1) is 13.2 Å². The van der Waals surface area contributed by atoms with Gasteiger partial charge in [-0.3, -0.25) is 4.79 Å². The molecule has 4 nitrogen and oxygen atoms in total. The molecule has 0 radical (unpaired) electrons. The summed E-state index contributed by atoms with van der Waals surface area (Å²) in [6.07, 6.45) is 2.49. The Morgan fingerprint density at radius 3 is 2.75 bits per heavy atom. The molecule has 150 valence electrons. The van der Waals surface area contributed by atoms with Gasteiger partial charge in [0.25, 0.3) is 0 Å². The molecule has 1 amide bonds. The zero-order valence-corrected chi connectivity index (χ0v) is 16.6. The molecule has 2 aromatic carbocycles. The molecule has 1 aliphatic heterocycles. The minimum Gasteiger partial charge on any atom is -0.497 e. The molecule has 1 heterocycles. The van der Waals surface area contributed by atoms with E-state index in [9.17, 15) is 9.18 Å². The van der Waals surface area contributed by atoms with Crippen LogP contribution in [0.2, 0.25) is 0 Å². The van der Waals surface area contributed by atoms with E-state index in [4.69, 9.17) is 9.47 Å². The van der Waals surface area contributed by atoms with Crippen LogP contribution >= 0.6 is 0 Å². The van der Waals surface area contributed by atoms with Crippen molar-refractivity contribution in [1.82, 2.24) is 4.90 Å². The Morgan fingerprint density at radius 1 is 1.29 bits per heavy atom. The SMILES string of the molecule is COc1cccc(CN(CC2CCCO2)C(=O)CC(C)c2ccc(F)cc2)c1. The standard InChI is InChI=1S/C23H28FNO3/c1-17(19-8-10-20(24)11-9-19)13-23(26)25(16-22-7-4-12-28-22)15-18-5-3-6-21(14-18)27-2/h3,5-6,8-11,14,17,22H,4,7,12-13,15-16H2,1-2H3. The van der Waals surface area contributed by atoms with Gasteiger partial charge in [-0.1, -0.05) is 31.2 Å². The molecule has 0 N–H and O–H groups in total. The number of halogens is 1. The van der Waals surface area contributed by atoms with E-state index in [0.29, 0.717) is 19.5 Å². The molecule has 2 atom stereocenters. The van der Waals surface area contributed by atoms with Crippen LogP contribution in [0.1, 0.15) is 43.2 Å². The quantitative estimate of drug-likeness (QED) is 0.670. The maximum absolute atomic E-state index is 13.2. The lowest BCUT2D eigenvalue weighted by Crippen LogP contribution is -2.37. The number of carbonyl (C=O) groups excluding carboxylic acids is 1. The van der Waals surface area contributed by atoms with Crippen LogP contribution in [0.3, 0.4) is 0 Å². The van der Waals surface area contributed by atoms with Gasteiger partial charge in [0.15, 0.2) is 0 Å². The number of amides is 1. The molecular weight excluding hydrogens is 357 g/mol. The maximum Gasteiger partial charge on any atom is 0.223 e. The van der Waals surface area contributed by atoms with E-state index >= 15 is 0 Å². The van der Waals surface area contributed by atoms with Crippen molar-refractivity contribution in [2.45, 2.75) is 44.8 Å². The fraction of sp³-hybridized carbons (Fsp3) is 0.435. The van der Waals surface area contributed by atoms with Gasteiger partial charge in [-0.05, 0) is 54.2 Å².